The number of aliphatic hydroxyl groups is 1. The van der Waals surface area contributed by atoms with E-state index in [1.165, 1.54) is 56.1 Å². The average Bonchev–Trinajstić information content (AvgIpc) is 3.31. The van der Waals surface area contributed by atoms with Gasteiger partial charge < -0.3 is 19.3 Å². The second-order valence-corrected chi connectivity index (χ2v) is 14.4. The van der Waals surface area contributed by atoms with Gasteiger partial charge >= 0.3 is 0 Å². The third kappa shape index (κ3) is 7.00. The van der Waals surface area contributed by atoms with Crippen molar-refractivity contribution in [1.82, 2.24) is 14.4 Å². The molecule has 0 radical (unpaired) electrons. The van der Waals surface area contributed by atoms with Gasteiger partial charge in [-0.05, 0) is 63.2 Å². The highest BCUT2D eigenvalue weighted by molar-refractivity contribution is 7.92. The van der Waals surface area contributed by atoms with Crippen LogP contribution in [0, 0.1) is 25.6 Å². The van der Waals surface area contributed by atoms with Gasteiger partial charge in [0, 0.05) is 30.8 Å². The molecule has 43 heavy (non-hydrogen) atoms. The zero-order valence-corrected chi connectivity index (χ0v) is 26.1. The van der Waals surface area contributed by atoms with E-state index in [0.29, 0.717) is 5.56 Å². The Bertz CT molecular complexity index is 1670. The van der Waals surface area contributed by atoms with Gasteiger partial charge in [-0.2, -0.15) is 4.31 Å². The summed E-state index contributed by atoms with van der Waals surface area (Å²) < 4.78 is 81.1. The second-order valence-electron chi connectivity index (χ2n) is 10.7. The van der Waals surface area contributed by atoms with E-state index in [2.05, 4.69) is 9.88 Å². The summed E-state index contributed by atoms with van der Waals surface area (Å²) in [5.41, 5.74) is 0.718. The van der Waals surface area contributed by atoms with Gasteiger partial charge in [0.15, 0.2) is 10.7 Å². The monoisotopic (exact) mass is 638 g/mol. The highest BCUT2D eigenvalue weighted by atomic mass is 32.2. The lowest BCUT2D eigenvalue weighted by Gasteiger charge is -2.33. The Labute approximate surface area is 250 Å². The van der Waals surface area contributed by atoms with Gasteiger partial charge in [0.2, 0.25) is 15.9 Å². The Kier molecular flexibility index (Phi) is 9.49. The summed E-state index contributed by atoms with van der Waals surface area (Å²) in [5.74, 6) is -0.889. The van der Waals surface area contributed by atoms with Gasteiger partial charge in [-0.3, -0.25) is 9.52 Å². The van der Waals surface area contributed by atoms with E-state index < -0.39 is 43.9 Å². The van der Waals surface area contributed by atoms with Crippen molar-refractivity contribution in [3.63, 3.8) is 0 Å². The van der Waals surface area contributed by atoms with E-state index in [-0.39, 0.29) is 64.7 Å². The number of anilines is 1. The van der Waals surface area contributed by atoms with Crippen LogP contribution in [0.4, 0.5) is 10.1 Å². The molecule has 15 heteroatoms. The van der Waals surface area contributed by atoms with Crippen LogP contribution in [0.3, 0.4) is 0 Å². The molecule has 4 rings (SSSR count). The Morgan fingerprint density at radius 2 is 1.84 bits per heavy atom. The lowest BCUT2D eigenvalue weighted by atomic mass is 10.0. The highest BCUT2D eigenvalue weighted by Crippen LogP contribution is 2.31. The Balaban J connectivity index is 1.69. The number of fused-ring (bicyclic) bond motifs is 1. The number of nitrogens with zero attached hydrogens (tertiary/aromatic N) is 3. The van der Waals surface area contributed by atoms with Crippen molar-refractivity contribution in [1.29, 1.82) is 0 Å². The van der Waals surface area contributed by atoms with E-state index in [1.54, 1.807) is 6.92 Å². The predicted molar refractivity (Wildman–Crippen MR) is 155 cm³/mol. The standard InChI is InChI=1S/C28H35FN4O8S2/c1-17-14-33(18(2)16-34)27(35)13-21-12-23(31-42(36,37)28-19(3)30-41-20(28)4)8-11-25(21)40-26(17)15-32(5)43(38,39)24-9-6-22(29)7-10-24/h6-12,17-18,26,31,34H,13-16H2,1-5H3/t17-,18+,26+/m1/s1. The van der Waals surface area contributed by atoms with E-state index in [1.807, 2.05) is 6.92 Å². The number of aliphatic hydroxyl groups excluding tert-OH is 1. The van der Waals surface area contributed by atoms with Gasteiger partial charge in [-0.25, -0.2) is 21.2 Å². The first-order chi connectivity index (χ1) is 20.1. The van der Waals surface area contributed by atoms with Crippen LogP contribution in [0.15, 0.2) is 56.8 Å². The molecule has 1 amide bonds. The molecular weight excluding hydrogens is 603 g/mol. The fourth-order valence-electron chi connectivity index (χ4n) is 4.91. The maximum absolute atomic E-state index is 13.5. The number of carbonyl (C=O) groups is 1. The average molecular weight is 639 g/mol. The maximum atomic E-state index is 13.5. The Hall–Kier alpha value is -3.53. The molecule has 3 atom stereocenters. The Morgan fingerprint density at radius 1 is 1.16 bits per heavy atom. The summed E-state index contributed by atoms with van der Waals surface area (Å²) in [5, 5.41) is 13.6. The molecule has 1 aliphatic rings. The van der Waals surface area contributed by atoms with Crippen molar-refractivity contribution in [3.8, 4) is 5.75 Å². The number of hydrogen-bond acceptors (Lipinski definition) is 9. The van der Waals surface area contributed by atoms with Crippen LogP contribution in [0.5, 0.6) is 5.75 Å². The molecule has 1 aromatic heterocycles. The zero-order valence-electron chi connectivity index (χ0n) is 24.4. The molecule has 12 nitrogen and oxygen atoms in total. The summed E-state index contributed by atoms with van der Waals surface area (Å²) in [4.78, 5) is 14.8. The second kappa shape index (κ2) is 12.6. The van der Waals surface area contributed by atoms with Crippen LogP contribution in [-0.4, -0.2) is 81.1 Å². The molecule has 0 aliphatic carbocycles. The van der Waals surface area contributed by atoms with Crippen LogP contribution in [0.1, 0.15) is 30.9 Å². The third-order valence-corrected chi connectivity index (χ3v) is 10.8. The van der Waals surface area contributed by atoms with Gasteiger partial charge in [0.25, 0.3) is 10.0 Å². The van der Waals surface area contributed by atoms with E-state index in [9.17, 15) is 31.1 Å². The molecule has 2 heterocycles. The number of halogens is 1. The number of amides is 1. The summed E-state index contributed by atoms with van der Waals surface area (Å²) in [6.07, 6.45) is -0.924. The number of carbonyl (C=O) groups excluding carboxylic acids is 1. The first-order valence-electron chi connectivity index (χ1n) is 13.5. The maximum Gasteiger partial charge on any atom is 0.267 e. The summed E-state index contributed by atoms with van der Waals surface area (Å²) >= 11 is 0. The van der Waals surface area contributed by atoms with Crippen LogP contribution < -0.4 is 9.46 Å². The number of hydrogen-bond donors (Lipinski definition) is 2. The molecule has 0 bridgehead atoms. The Morgan fingerprint density at radius 3 is 2.44 bits per heavy atom. The first-order valence-corrected chi connectivity index (χ1v) is 16.4. The third-order valence-electron chi connectivity index (χ3n) is 7.36. The first kappa shape index (κ1) is 32.4. The number of aryl methyl sites for hydroxylation is 2. The molecule has 3 aromatic rings. The van der Waals surface area contributed by atoms with Gasteiger partial charge in [-0.1, -0.05) is 12.1 Å². The number of likely N-dealkylation sites (N-methyl/N-ethyl adjacent to an activating group) is 1. The number of sulfonamides is 2. The summed E-state index contributed by atoms with van der Waals surface area (Å²) in [7, 11) is -6.70. The van der Waals surface area contributed by atoms with Crippen molar-refractivity contribution in [3.05, 3.63) is 65.3 Å². The molecule has 0 spiro atoms. The predicted octanol–water partition coefficient (Wildman–Crippen LogP) is 2.70. The number of aromatic nitrogens is 1. The molecule has 0 saturated carbocycles. The van der Waals surface area contributed by atoms with E-state index in [0.717, 1.165) is 16.4 Å². The minimum atomic E-state index is -4.08. The molecule has 2 aromatic carbocycles. The molecule has 2 N–H and O–H groups in total. The fourth-order valence-corrected chi connectivity index (χ4v) is 7.48. The van der Waals surface area contributed by atoms with Crippen LogP contribution >= 0.6 is 0 Å². The molecule has 0 saturated heterocycles. The van der Waals surface area contributed by atoms with Crippen LogP contribution in [-0.2, 0) is 31.3 Å². The van der Waals surface area contributed by atoms with Crippen molar-refractivity contribution in [2.45, 2.75) is 56.1 Å². The highest BCUT2D eigenvalue weighted by Gasteiger charge is 2.34. The number of nitrogens with one attached hydrogen (secondary N) is 1. The molecule has 0 fully saturated rings. The molecule has 1 aliphatic heterocycles. The quantitative estimate of drug-likeness (QED) is 0.359. The zero-order chi connectivity index (χ0) is 31.7. The fraction of sp³-hybridized carbons (Fsp3) is 0.429. The topological polar surface area (TPSA) is 159 Å². The number of ether oxygens (including phenoxy) is 1. The molecule has 234 valence electrons. The lowest BCUT2D eigenvalue weighted by Crippen LogP contribution is -2.48. The van der Waals surface area contributed by atoms with E-state index in [4.69, 9.17) is 9.26 Å². The smallest absolute Gasteiger partial charge is 0.267 e. The molecule has 0 unspecified atom stereocenters. The van der Waals surface area contributed by atoms with Crippen LogP contribution in [0.2, 0.25) is 0 Å². The van der Waals surface area contributed by atoms with Gasteiger partial charge in [0.05, 0.1) is 30.5 Å². The van der Waals surface area contributed by atoms with Gasteiger partial charge in [0.1, 0.15) is 23.4 Å². The van der Waals surface area contributed by atoms with Gasteiger partial charge in [-0.15, -0.1) is 0 Å². The normalized spacial score (nSPS) is 18.8. The van der Waals surface area contributed by atoms with Crippen molar-refractivity contribution in [2.24, 2.45) is 5.92 Å². The SMILES string of the molecule is Cc1noc(C)c1S(=O)(=O)Nc1ccc2c(c1)CC(=O)N([C@@H](C)CO)C[C@@H](C)[C@H](CN(C)S(=O)(=O)c1ccc(F)cc1)O2. The van der Waals surface area contributed by atoms with Crippen molar-refractivity contribution < 1.29 is 40.4 Å². The van der Waals surface area contributed by atoms with Crippen molar-refractivity contribution in [2.75, 3.05) is 31.5 Å². The summed E-state index contributed by atoms with van der Waals surface area (Å²) in [6, 6.07) is 8.42. The van der Waals surface area contributed by atoms with Crippen molar-refractivity contribution >= 4 is 31.6 Å². The summed E-state index contributed by atoms with van der Waals surface area (Å²) in [6.45, 7) is 6.24. The number of benzene rings is 2. The molecular formula is C28H35FN4O8S2. The minimum absolute atomic E-state index is 0.0894. The van der Waals surface area contributed by atoms with Crippen LogP contribution in [0.25, 0.3) is 0 Å². The minimum Gasteiger partial charge on any atom is -0.488 e. The number of rotatable bonds is 9. The van der Waals surface area contributed by atoms with E-state index >= 15 is 0 Å². The largest absolute Gasteiger partial charge is 0.488 e. The lowest BCUT2D eigenvalue weighted by molar-refractivity contribution is -0.134.